The van der Waals surface area contributed by atoms with E-state index in [0.29, 0.717) is 0 Å². The summed E-state index contributed by atoms with van der Waals surface area (Å²) in [4.78, 5) is 12.1. The number of benzene rings is 1. The SMILES string of the molecule is O=C([O-])C[C@H](O)C(O)CN1C[C@@H]2Oc3c(F)ccc(F)c3O[C@@H]2C1.[K+]. The zero-order valence-corrected chi connectivity index (χ0v) is 16.6. The first kappa shape index (κ1) is 21.0. The first-order valence-electron chi connectivity index (χ1n) is 7.44. The van der Waals surface area contributed by atoms with Crippen molar-refractivity contribution in [3.63, 3.8) is 0 Å². The van der Waals surface area contributed by atoms with Crippen molar-refractivity contribution in [1.82, 2.24) is 4.90 Å². The Kier molecular flexibility index (Phi) is 7.19. The molecule has 3 rings (SSSR count). The summed E-state index contributed by atoms with van der Waals surface area (Å²) < 4.78 is 38.4. The number of ether oxygens (including phenoxy) is 2. The molecule has 7 nitrogen and oxygen atoms in total. The molecule has 4 atom stereocenters. The number of rotatable bonds is 5. The van der Waals surface area contributed by atoms with Crippen molar-refractivity contribution in [3.8, 4) is 11.5 Å². The van der Waals surface area contributed by atoms with Gasteiger partial charge in [-0.1, -0.05) is 0 Å². The molecule has 1 aromatic rings. The molecule has 2 aliphatic heterocycles. The molecule has 1 aromatic carbocycles. The summed E-state index contributed by atoms with van der Waals surface area (Å²) in [5.41, 5.74) is 0. The number of carbonyl (C=O) groups is 1. The van der Waals surface area contributed by atoms with E-state index in [1.165, 1.54) is 0 Å². The molecular weight excluding hydrogens is 367 g/mol. The average molecular weight is 383 g/mol. The predicted octanol–water partition coefficient (Wildman–Crippen LogP) is -4.35. The third-order valence-electron chi connectivity index (χ3n) is 4.11. The zero-order chi connectivity index (χ0) is 17.4. The number of aliphatic hydroxyl groups excluding tert-OH is 2. The Hall–Kier alpha value is -0.334. The quantitative estimate of drug-likeness (QED) is 0.496. The van der Waals surface area contributed by atoms with Crippen LogP contribution in [0.2, 0.25) is 0 Å². The van der Waals surface area contributed by atoms with Crippen molar-refractivity contribution in [1.29, 1.82) is 0 Å². The van der Waals surface area contributed by atoms with Crippen LogP contribution in [0.1, 0.15) is 6.42 Å². The van der Waals surface area contributed by atoms with Crippen LogP contribution in [0, 0.1) is 11.6 Å². The van der Waals surface area contributed by atoms with Crippen LogP contribution in [0.4, 0.5) is 8.78 Å². The Morgan fingerprint density at radius 1 is 1.16 bits per heavy atom. The van der Waals surface area contributed by atoms with Gasteiger partial charge >= 0.3 is 51.4 Å². The number of fused-ring (bicyclic) bond motifs is 2. The van der Waals surface area contributed by atoms with Crippen molar-refractivity contribution in [2.24, 2.45) is 0 Å². The molecule has 10 heteroatoms. The fraction of sp³-hybridized carbons (Fsp3) is 0.533. The number of carboxylic acid groups (broad SMARTS) is 1. The standard InChI is InChI=1S/C15H17F2NO6.K/c16-7-1-2-8(17)15-14(7)23-11-5-18(6-12(11)24-15)4-10(20)9(19)3-13(21)22;/h1-2,9-12,19-20H,3-6H2,(H,21,22);/q;+1/p-1/t9-,10?,11-,12+;/m0./s1. The Balaban J connectivity index is 0.00000225. The van der Waals surface area contributed by atoms with Crippen molar-refractivity contribution >= 4 is 5.97 Å². The number of hydrogen-bond acceptors (Lipinski definition) is 7. The molecule has 132 valence electrons. The molecule has 1 unspecified atom stereocenters. The fourth-order valence-electron chi connectivity index (χ4n) is 2.92. The summed E-state index contributed by atoms with van der Waals surface area (Å²) >= 11 is 0. The number of hydrogen-bond donors (Lipinski definition) is 2. The molecule has 1 fully saturated rings. The number of nitrogens with zero attached hydrogens (tertiary/aromatic N) is 1. The normalized spacial score (nSPS) is 24.2. The van der Waals surface area contributed by atoms with E-state index in [-0.39, 0.29) is 82.5 Å². The van der Waals surface area contributed by atoms with E-state index in [2.05, 4.69) is 0 Å². The van der Waals surface area contributed by atoms with E-state index in [1.807, 2.05) is 0 Å². The van der Waals surface area contributed by atoms with E-state index in [9.17, 15) is 28.9 Å². The minimum atomic E-state index is -1.47. The van der Waals surface area contributed by atoms with Crippen molar-refractivity contribution in [3.05, 3.63) is 23.8 Å². The van der Waals surface area contributed by atoms with Gasteiger partial charge in [-0.3, -0.25) is 4.90 Å². The van der Waals surface area contributed by atoms with Crippen LogP contribution in [0.25, 0.3) is 0 Å². The van der Waals surface area contributed by atoms with E-state index < -0.39 is 48.4 Å². The maximum atomic E-state index is 13.7. The number of aliphatic hydroxyl groups is 2. The molecule has 0 radical (unpaired) electrons. The number of carbonyl (C=O) groups excluding carboxylic acids is 1. The van der Waals surface area contributed by atoms with Gasteiger partial charge in [0, 0.05) is 32.0 Å². The Bertz CT molecular complexity index is 610. The summed E-state index contributed by atoms with van der Waals surface area (Å²) in [7, 11) is 0. The number of likely N-dealkylation sites (tertiary alicyclic amines) is 1. The molecular formula is C15H16F2KNO6. The average Bonchev–Trinajstić information content (AvgIpc) is 2.90. The first-order valence-corrected chi connectivity index (χ1v) is 7.44. The molecule has 0 aliphatic carbocycles. The molecule has 0 amide bonds. The van der Waals surface area contributed by atoms with Crippen LogP contribution in [0.5, 0.6) is 11.5 Å². The third kappa shape index (κ3) is 4.69. The third-order valence-corrected chi connectivity index (χ3v) is 4.11. The summed E-state index contributed by atoms with van der Waals surface area (Å²) in [5.74, 6) is -3.49. The smallest absolute Gasteiger partial charge is 0.550 e. The van der Waals surface area contributed by atoms with Crippen LogP contribution in [-0.2, 0) is 4.79 Å². The number of β-amino-alcohol motifs (C(OH)–C–C–N with tert-alkyl or cyclic N) is 1. The molecule has 0 saturated carbocycles. The van der Waals surface area contributed by atoms with Crippen LogP contribution in [-0.4, -0.2) is 65.1 Å². The van der Waals surface area contributed by atoms with Crippen molar-refractivity contribution in [2.75, 3.05) is 19.6 Å². The van der Waals surface area contributed by atoms with Crippen LogP contribution in [0.15, 0.2) is 12.1 Å². The molecule has 0 aromatic heterocycles. The number of halogens is 2. The van der Waals surface area contributed by atoms with E-state index in [1.54, 1.807) is 4.90 Å². The van der Waals surface area contributed by atoms with Crippen molar-refractivity contribution in [2.45, 2.75) is 30.8 Å². The number of aliphatic carboxylic acids is 1. The van der Waals surface area contributed by atoms with E-state index in [0.717, 1.165) is 12.1 Å². The van der Waals surface area contributed by atoms with Gasteiger partial charge in [-0.2, -0.15) is 0 Å². The second-order valence-electron chi connectivity index (χ2n) is 5.93. The second kappa shape index (κ2) is 8.57. The van der Waals surface area contributed by atoms with Gasteiger partial charge in [0.05, 0.1) is 12.2 Å². The van der Waals surface area contributed by atoms with Crippen molar-refractivity contribution < 1.29 is 89.8 Å². The number of carboxylic acids is 1. The van der Waals surface area contributed by atoms with E-state index >= 15 is 0 Å². The van der Waals surface area contributed by atoms with Gasteiger partial charge in [0.15, 0.2) is 11.6 Å². The van der Waals surface area contributed by atoms with Gasteiger partial charge in [-0.05, 0) is 12.1 Å². The molecule has 0 bridgehead atoms. The molecule has 2 N–H and O–H groups in total. The van der Waals surface area contributed by atoms with Gasteiger partial charge in [0.1, 0.15) is 12.2 Å². The molecule has 0 spiro atoms. The Labute approximate surface area is 184 Å². The largest absolute Gasteiger partial charge is 1.00 e. The van der Waals surface area contributed by atoms with Crippen LogP contribution >= 0.6 is 0 Å². The summed E-state index contributed by atoms with van der Waals surface area (Å²) in [5, 5.41) is 29.8. The van der Waals surface area contributed by atoms with E-state index in [4.69, 9.17) is 9.47 Å². The van der Waals surface area contributed by atoms with Crippen LogP contribution in [0.3, 0.4) is 0 Å². The fourth-order valence-corrected chi connectivity index (χ4v) is 2.92. The Morgan fingerprint density at radius 3 is 2.08 bits per heavy atom. The minimum absolute atomic E-state index is 0. The maximum Gasteiger partial charge on any atom is 1.00 e. The summed E-state index contributed by atoms with van der Waals surface area (Å²) in [6.45, 7) is 0.486. The maximum absolute atomic E-state index is 13.7. The topological polar surface area (TPSA) is 102 Å². The molecule has 2 aliphatic rings. The second-order valence-corrected chi connectivity index (χ2v) is 5.93. The predicted molar refractivity (Wildman–Crippen MR) is 73.3 cm³/mol. The zero-order valence-electron chi connectivity index (χ0n) is 13.5. The Morgan fingerprint density at radius 2 is 1.64 bits per heavy atom. The van der Waals surface area contributed by atoms with Crippen LogP contribution < -0.4 is 66.0 Å². The molecule has 1 saturated heterocycles. The minimum Gasteiger partial charge on any atom is -0.550 e. The van der Waals surface area contributed by atoms with Gasteiger partial charge in [-0.25, -0.2) is 8.78 Å². The van der Waals surface area contributed by atoms with Gasteiger partial charge in [0.2, 0.25) is 11.5 Å². The molecule has 2 heterocycles. The monoisotopic (exact) mass is 383 g/mol. The summed E-state index contributed by atoms with van der Waals surface area (Å²) in [6.07, 6.45) is -4.57. The molecule has 25 heavy (non-hydrogen) atoms. The van der Waals surface area contributed by atoms with Gasteiger partial charge in [0.25, 0.3) is 0 Å². The summed E-state index contributed by atoms with van der Waals surface area (Å²) in [6, 6.07) is 1.90. The first-order chi connectivity index (χ1) is 11.3. The van der Waals surface area contributed by atoms with Gasteiger partial charge < -0.3 is 29.6 Å². The van der Waals surface area contributed by atoms with Gasteiger partial charge in [-0.15, -0.1) is 0 Å².